The maximum Gasteiger partial charge on any atom is 0.000771 e. The molecule has 13 heavy (non-hydrogen) atoms. The molecule has 0 aromatic rings. The highest BCUT2D eigenvalue weighted by Gasteiger charge is 2.39. The number of hydrogen-bond donors (Lipinski definition) is 1. The van der Waals surface area contributed by atoms with Crippen LogP contribution in [-0.2, 0) is 0 Å². The second-order valence-corrected chi connectivity index (χ2v) is 5.22. The van der Waals surface area contributed by atoms with Crippen molar-refractivity contribution in [3.05, 3.63) is 0 Å². The summed E-state index contributed by atoms with van der Waals surface area (Å²) in [6.45, 7) is 4.81. The lowest BCUT2D eigenvalue weighted by Gasteiger charge is -2.12. The second-order valence-electron chi connectivity index (χ2n) is 4.23. The smallest absolute Gasteiger partial charge is 0.000771 e. The molecule has 1 aliphatic carbocycles. The average molecular weight is 201 g/mol. The first-order chi connectivity index (χ1) is 6.33. The summed E-state index contributed by atoms with van der Waals surface area (Å²) >= 11 is 1.95. The summed E-state index contributed by atoms with van der Waals surface area (Å²) in [5.74, 6) is 1.32. The number of unbranched alkanes of at least 4 members (excludes halogenated alkanes) is 1. The molecule has 1 nitrogen and oxygen atoms in total. The molecule has 0 atom stereocenters. The monoisotopic (exact) mass is 201 g/mol. The number of rotatable bonds is 8. The van der Waals surface area contributed by atoms with Gasteiger partial charge >= 0.3 is 0 Å². The van der Waals surface area contributed by atoms with Gasteiger partial charge in [0.05, 0.1) is 0 Å². The fourth-order valence-corrected chi connectivity index (χ4v) is 2.17. The molecule has 1 fully saturated rings. The van der Waals surface area contributed by atoms with Crippen LogP contribution in [-0.4, -0.2) is 25.1 Å². The summed E-state index contributed by atoms with van der Waals surface area (Å²) in [6, 6.07) is 0. The highest BCUT2D eigenvalue weighted by molar-refractivity contribution is 7.98. The first kappa shape index (κ1) is 11.4. The molecule has 0 spiro atoms. The summed E-state index contributed by atoms with van der Waals surface area (Å²) in [7, 11) is 0. The Morgan fingerprint density at radius 1 is 1.31 bits per heavy atom. The molecule has 1 saturated carbocycles. The minimum absolute atomic E-state index is 0.722. The molecule has 0 radical (unpaired) electrons. The Balaban J connectivity index is 1.84. The maximum atomic E-state index is 3.59. The van der Waals surface area contributed by atoms with Gasteiger partial charge in [0.1, 0.15) is 0 Å². The van der Waals surface area contributed by atoms with Gasteiger partial charge in [0.2, 0.25) is 0 Å². The third kappa shape index (κ3) is 4.37. The molecule has 2 heteroatoms. The van der Waals surface area contributed by atoms with Crippen molar-refractivity contribution in [2.45, 2.75) is 39.0 Å². The number of thioether (sulfide) groups is 1. The molecule has 1 aliphatic rings. The van der Waals surface area contributed by atoms with E-state index >= 15 is 0 Å². The molecule has 1 N–H and O–H groups in total. The molecule has 0 amide bonds. The predicted octanol–water partition coefficient (Wildman–Crippen LogP) is 2.91. The van der Waals surface area contributed by atoms with Crippen molar-refractivity contribution in [3.8, 4) is 0 Å². The Bertz CT molecular complexity index is 132. The van der Waals surface area contributed by atoms with Gasteiger partial charge < -0.3 is 5.32 Å². The van der Waals surface area contributed by atoms with Crippen LogP contribution in [0.25, 0.3) is 0 Å². The van der Waals surface area contributed by atoms with Crippen LogP contribution in [0.3, 0.4) is 0 Å². The summed E-state index contributed by atoms with van der Waals surface area (Å²) < 4.78 is 0. The van der Waals surface area contributed by atoms with Crippen molar-refractivity contribution in [1.82, 2.24) is 5.32 Å². The lowest BCUT2D eigenvalue weighted by Crippen LogP contribution is -2.24. The normalized spacial score (nSPS) is 18.9. The second kappa shape index (κ2) is 5.92. The SMILES string of the molecule is CCC1(CNCCCCSC)CC1. The molecule has 0 aromatic heterocycles. The Hall–Kier alpha value is 0.310. The molecule has 78 valence electrons. The lowest BCUT2D eigenvalue weighted by atomic mass is 10.0. The van der Waals surface area contributed by atoms with Gasteiger partial charge in [-0.2, -0.15) is 11.8 Å². The Morgan fingerprint density at radius 3 is 2.62 bits per heavy atom. The maximum absolute atomic E-state index is 3.59. The van der Waals surface area contributed by atoms with Crippen LogP contribution < -0.4 is 5.32 Å². The Kier molecular flexibility index (Phi) is 5.18. The fraction of sp³-hybridized carbons (Fsp3) is 1.00. The summed E-state index contributed by atoms with van der Waals surface area (Å²) in [4.78, 5) is 0. The molecular formula is C11H23NS. The van der Waals surface area contributed by atoms with Gasteiger partial charge in [-0.3, -0.25) is 0 Å². The van der Waals surface area contributed by atoms with Crippen molar-refractivity contribution >= 4 is 11.8 Å². The van der Waals surface area contributed by atoms with E-state index in [1.165, 1.54) is 50.9 Å². The van der Waals surface area contributed by atoms with Crippen molar-refractivity contribution < 1.29 is 0 Å². The van der Waals surface area contributed by atoms with Crippen LogP contribution in [0, 0.1) is 5.41 Å². The van der Waals surface area contributed by atoms with Crippen LogP contribution >= 0.6 is 11.8 Å². The standard InChI is InChI=1S/C11H23NS/c1-3-11(6-7-11)10-12-8-4-5-9-13-2/h12H,3-10H2,1-2H3. The average Bonchev–Trinajstić information content (AvgIpc) is 2.92. The van der Waals surface area contributed by atoms with Crippen molar-refractivity contribution in [2.75, 3.05) is 25.1 Å². The lowest BCUT2D eigenvalue weighted by molar-refractivity contribution is 0.441. The minimum Gasteiger partial charge on any atom is -0.316 e. The Labute approximate surface area is 87.1 Å². The van der Waals surface area contributed by atoms with E-state index in [9.17, 15) is 0 Å². The van der Waals surface area contributed by atoms with Crippen molar-refractivity contribution in [2.24, 2.45) is 5.41 Å². The van der Waals surface area contributed by atoms with Crippen LogP contribution in [0.5, 0.6) is 0 Å². The predicted molar refractivity (Wildman–Crippen MR) is 62.4 cm³/mol. The highest BCUT2D eigenvalue weighted by atomic mass is 32.2. The van der Waals surface area contributed by atoms with E-state index in [1.807, 2.05) is 11.8 Å². The van der Waals surface area contributed by atoms with Crippen molar-refractivity contribution in [1.29, 1.82) is 0 Å². The summed E-state index contributed by atoms with van der Waals surface area (Å²) in [5, 5.41) is 3.59. The van der Waals surface area contributed by atoms with Crippen LogP contribution in [0.2, 0.25) is 0 Å². The van der Waals surface area contributed by atoms with Crippen LogP contribution in [0.15, 0.2) is 0 Å². The van der Waals surface area contributed by atoms with E-state index in [2.05, 4.69) is 18.5 Å². The zero-order valence-electron chi connectivity index (χ0n) is 9.07. The molecule has 0 bridgehead atoms. The van der Waals surface area contributed by atoms with Crippen LogP contribution in [0.4, 0.5) is 0 Å². The zero-order chi connectivity index (χ0) is 9.57. The molecule has 1 rings (SSSR count). The van der Waals surface area contributed by atoms with Gasteiger partial charge in [0, 0.05) is 6.54 Å². The third-order valence-electron chi connectivity index (χ3n) is 3.16. The van der Waals surface area contributed by atoms with E-state index in [0.717, 1.165) is 5.41 Å². The zero-order valence-corrected chi connectivity index (χ0v) is 9.88. The van der Waals surface area contributed by atoms with Crippen molar-refractivity contribution in [3.63, 3.8) is 0 Å². The number of nitrogens with one attached hydrogen (secondary N) is 1. The van der Waals surface area contributed by atoms with Crippen LogP contribution in [0.1, 0.15) is 39.0 Å². The van der Waals surface area contributed by atoms with E-state index < -0.39 is 0 Å². The number of hydrogen-bond acceptors (Lipinski definition) is 2. The molecule has 0 aliphatic heterocycles. The van der Waals surface area contributed by atoms with E-state index in [0.29, 0.717) is 0 Å². The van der Waals surface area contributed by atoms with Gasteiger partial charge in [0.25, 0.3) is 0 Å². The molecular weight excluding hydrogens is 178 g/mol. The van der Waals surface area contributed by atoms with Gasteiger partial charge in [-0.1, -0.05) is 6.92 Å². The molecule has 0 unspecified atom stereocenters. The highest BCUT2D eigenvalue weighted by Crippen LogP contribution is 2.47. The van der Waals surface area contributed by atoms with Gasteiger partial charge in [0.15, 0.2) is 0 Å². The molecule has 0 heterocycles. The molecule has 0 aromatic carbocycles. The minimum atomic E-state index is 0.722. The van der Waals surface area contributed by atoms with E-state index in [-0.39, 0.29) is 0 Å². The van der Waals surface area contributed by atoms with Gasteiger partial charge in [-0.15, -0.1) is 0 Å². The van der Waals surface area contributed by atoms with E-state index in [4.69, 9.17) is 0 Å². The first-order valence-corrected chi connectivity index (χ1v) is 6.92. The Morgan fingerprint density at radius 2 is 2.08 bits per heavy atom. The topological polar surface area (TPSA) is 12.0 Å². The van der Waals surface area contributed by atoms with E-state index in [1.54, 1.807) is 0 Å². The fourth-order valence-electron chi connectivity index (χ4n) is 1.68. The quantitative estimate of drug-likeness (QED) is 0.606. The third-order valence-corrected chi connectivity index (χ3v) is 3.86. The first-order valence-electron chi connectivity index (χ1n) is 5.53. The summed E-state index contributed by atoms with van der Waals surface area (Å²) in [6.07, 6.45) is 9.19. The van der Waals surface area contributed by atoms with Gasteiger partial charge in [-0.05, 0) is 56.1 Å². The largest absolute Gasteiger partial charge is 0.316 e. The van der Waals surface area contributed by atoms with Gasteiger partial charge in [-0.25, -0.2) is 0 Å². The summed E-state index contributed by atoms with van der Waals surface area (Å²) in [5.41, 5.74) is 0.722. The molecule has 0 saturated heterocycles.